The molecule has 4 unspecified atom stereocenters. The number of primary amides is 1. The Morgan fingerprint density at radius 3 is 2.24 bits per heavy atom. The molecule has 1 saturated heterocycles. The second-order valence-electron chi connectivity index (χ2n) is 7.64. The van der Waals surface area contributed by atoms with Crippen LogP contribution in [0.15, 0.2) is 0 Å². The van der Waals surface area contributed by atoms with E-state index < -0.39 is 66.2 Å². The lowest BCUT2D eigenvalue weighted by Gasteiger charge is -2.28. The van der Waals surface area contributed by atoms with Crippen molar-refractivity contribution in [2.45, 2.75) is 62.7 Å². The van der Waals surface area contributed by atoms with Crippen LogP contribution in [-0.4, -0.2) is 93.4 Å². The highest BCUT2D eigenvalue weighted by Crippen LogP contribution is 2.19. The van der Waals surface area contributed by atoms with Crippen molar-refractivity contribution >= 4 is 47.3 Å². The van der Waals surface area contributed by atoms with E-state index >= 15 is 0 Å². The molecule has 0 spiro atoms. The lowest BCUT2D eigenvalue weighted by atomic mass is 10.1. The number of nitrogens with zero attached hydrogens (tertiary/aromatic N) is 1. The summed E-state index contributed by atoms with van der Waals surface area (Å²) in [6.45, 7) is 0.190. The Kier molecular flexibility index (Phi) is 11.6. The number of carboxylic acids is 2. The van der Waals surface area contributed by atoms with Crippen LogP contribution >= 0.6 is 11.8 Å². The van der Waals surface area contributed by atoms with Crippen molar-refractivity contribution in [2.75, 3.05) is 18.6 Å². The van der Waals surface area contributed by atoms with Crippen molar-refractivity contribution in [1.82, 2.24) is 15.5 Å². The number of nitrogens with one attached hydrogen (secondary N) is 2. The number of carboxylic acid groups (broad SMARTS) is 2. The maximum absolute atomic E-state index is 13.0. The predicted molar refractivity (Wildman–Crippen MR) is 118 cm³/mol. The number of nitrogens with two attached hydrogens (primary N) is 2. The van der Waals surface area contributed by atoms with E-state index in [0.717, 1.165) is 4.90 Å². The zero-order chi connectivity index (χ0) is 25.1. The molecular formula is C19H31N5O8S. The van der Waals surface area contributed by atoms with Gasteiger partial charge in [-0.05, 0) is 37.7 Å². The molecule has 13 nitrogen and oxygen atoms in total. The quantitative estimate of drug-likeness (QED) is 0.155. The Bertz CT molecular complexity index is 764. The zero-order valence-corrected chi connectivity index (χ0v) is 19.1. The van der Waals surface area contributed by atoms with Gasteiger partial charge in [-0.1, -0.05) is 0 Å². The monoisotopic (exact) mass is 489 g/mol. The van der Waals surface area contributed by atoms with E-state index in [1.54, 1.807) is 6.26 Å². The summed E-state index contributed by atoms with van der Waals surface area (Å²) in [5.41, 5.74) is 10.7. The number of hydrogen-bond donors (Lipinski definition) is 6. The van der Waals surface area contributed by atoms with Crippen molar-refractivity contribution in [3.05, 3.63) is 0 Å². The maximum atomic E-state index is 13.0. The van der Waals surface area contributed by atoms with Gasteiger partial charge in [-0.3, -0.25) is 24.0 Å². The molecule has 0 bridgehead atoms. The van der Waals surface area contributed by atoms with Gasteiger partial charge in [0.1, 0.15) is 18.1 Å². The Hall–Kier alpha value is -2.87. The largest absolute Gasteiger partial charge is 0.481 e. The molecule has 0 radical (unpaired) electrons. The number of rotatable bonds is 14. The molecule has 4 amide bonds. The van der Waals surface area contributed by atoms with Gasteiger partial charge in [0.2, 0.25) is 23.6 Å². The SMILES string of the molecule is CSCCC(NC(=O)C(N)CC(=O)O)C(=O)NC(CCC(N)=O)C(=O)N1CCCC1C(=O)O. The average Bonchev–Trinajstić information content (AvgIpc) is 3.22. The molecule has 33 heavy (non-hydrogen) atoms. The van der Waals surface area contributed by atoms with E-state index in [-0.39, 0.29) is 32.2 Å². The van der Waals surface area contributed by atoms with Crippen LogP contribution in [0, 0.1) is 0 Å². The molecule has 1 aliphatic rings. The van der Waals surface area contributed by atoms with Gasteiger partial charge in [0.15, 0.2) is 0 Å². The molecule has 186 valence electrons. The number of likely N-dealkylation sites (tertiary alicyclic amines) is 1. The smallest absolute Gasteiger partial charge is 0.326 e. The lowest BCUT2D eigenvalue weighted by molar-refractivity contribution is -0.149. The first-order valence-electron chi connectivity index (χ1n) is 10.4. The fraction of sp³-hybridized carbons (Fsp3) is 0.684. The molecule has 0 saturated carbocycles. The van der Waals surface area contributed by atoms with Gasteiger partial charge in [-0.25, -0.2) is 4.79 Å². The summed E-state index contributed by atoms with van der Waals surface area (Å²) in [4.78, 5) is 72.8. The third-order valence-corrected chi connectivity index (χ3v) is 5.73. The van der Waals surface area contributed by atoms with Crippen LogP contribution in [0.1, 0.15) is 38.5 Å². The van der Waals surface area contributed by atoms with Crippen LogP contribution in [0.5, 0.6) is 0 Å². The zero-order valence-electron chi connectivity index (χ0n) is 18.3. The summed E-state index contributed by atoms with van der Waals surface area (Å²) in [6.07, 6.45) is 1.69. The highest BCUT2D eigenvalue weighted by Gasteiger charge is 2.38. The molecule has 4 atom stereocenters. The second-order valence-corrected chi connectivity index (χ2v) is 8.63. The molecule has 0 aliphatic carbocycles. The Labute approximate surface area is 195 Å². The second kappa shape index (κ2) is 13.6. The summed E-state index contributed by atoms with van der Waals surface area (Å²) in [5.74, 6) is -4.94. The topological polar surface area (TPSA) is 222 Å². The molecular weight excluding hydrogens is 458 g/mol. The van der Waals surface area contributed by atoms with Gasteiger partial charge < -0.3 is 37.2 Å². The third-order valence-electron chi connectivity index (χ3n) is 5.09. The van der Waals surface area contributed by atoms with Gasteiger partial charge in [-0.15, -0.1) is 0 Å². The van der Waals surface area contributed by atoms with E-state index in [9.17, 15) is 33.9 Å². The third kappa shape index (κ3) is 9.26. The summed E-state index contributed by atoms with van der Waals surface area (Å²) in [6, 6.07) is -4.76. The first-order chi connectivity index (χ1) is 15.5. The molecule has 8 N–H and O–H groups in total. The molecule has 14 heteroatoms. The van der Waals surface area contributed by atoms with E-state index in [2.05, 4.69) is 10.6 Å². The minimum Gasteiger partial charge on any atom is -0.481 e. The standard InChI is InChI=1S/C19H31N5O8S/c1-33-8-6-11(22-16(28)10(20)9-15(26)27)17(29)23-12(4-5-14(21)25)18(30)24-7-2-3-13(24)19(31)32/h10-13H,2-9,20H2,1H3,(H2,21,25)(H,22,28)(H,23,29)(H,26,27)(H,31,32). The van der Waals surface area contributed by atoms with E-state index in [1.165, 1.54) is 11.8 Å². The first-order valence-corrected chi connectivity index (χ1v) is 11.8. The number of aliphatic carboxylic acids is 2. The maximum Gasteiger partial charge on any atom is 0.326 e. The van der Waals surface area contributed by atoms with Crippen LogP contribution in [0.4, 0.5) is 0 Å². The molecule has 0 aromatic carbocycles. The van der Waals surface area contributed by atoms with Crippen LogP contribution in [0.3, 0.4) is 0 Å². The van der Waals surface area contributed by atoms with Crippen LogP contribution in [0.2, 0.25) is 0 Å². The van der Waals surface area contributed by atoms with Gasteiger partial charge in [0, 0.05) is 13.0 Å². The molecule has 1 fully saturated rings. The van der Waals surface area contributed by atoms with E-state index in [1.807, 2.05) is 0 Å². The lowest BCUT2D eigenvalue weighted by Crippen LogP contribution is -2.57. The average molecular weight is 490 g/mol. The van der Waals surface area contributed by atoms with Crippen molar-refractivity contribution in [3.8, 4) is 0 Å². The first kappa shape index (κ1) is 28.2. The molecule has 1 aliphatic heterocycles. The van der Waals surface area contributed by atoms with Gasteiger partial charge in [-0.2, -0.15) is 11.8 Å². The number of carbonyl (C=O) groups is 6. The van der Waals surface area contributed by atoms with Crippen molar-refractivity contribution in [1.29, 1.82) is 0 Å². The summed E-state index contributed by atoms with van der Waals surface area (Å²) in [5, 5.41) is 23.0. The Balaban J connectivity index is 3.00. The van der Waals surface area contributed by atoms with Gasteiger partial charge in [0.25, 0.3) is 0 Å². The number of carbonyl (C=O) groups excluding carboxylic acids is 4. The van der Waals surface area contributed by atoms with Gasteiger partial charge in [0.05, 0.1) is 12.5 Å². The highest BCUT2D eigenvalue weighted by atomic mass is 32.2. The molecule has 1 rings (SSSR count). The minimum atomic E-state index is -1.37. The molecule has 0 aromatic rings. The highest BCUT2D eigenvalue weighted by molar-refractivity contribution is 7.98. The van der Waals surface area contributed by atoms with Crippen LogP contribution in [0.25, 0.3) is 0 Å². The summed E-state index contributed by atoms with van der Waals surface area (Å²) >= 11 is 1.40. The Morgan fingerprint density at radius 2 is 1.70 bits per heavy atom. The number of amides is 4. The predicted octanol–water partition coefficient (Wildman–Crippen LogP) is -2.15. The van der Waals surface area contributed by atoms with Gasteiger partial charge >= 0.3 is 11.9 Å². The minimum absolute atomic E-state index is 0.148. The van der Waals surface area contributed by atoms with Crippen LogP contribution in [-0.2, 0) is 28.8 Å². The van der Waals surface area contributed by atoms with Crippen molar-refractivity contribution in [2.24, 2.45) is 11.5 Å². The summed E-state index contributed by atoms with van der Waals surface area (Å²) in [7, 11) is 0. The van der Waals surface area contributed by atoms with Crippen molar-refractivity contribution in [3.63, 3.8) is 0 Å². The number of hydrogen-bond acceptors (Lipinski definition) is 8. The summed E-state index contributed by atoms with van der Waals surface area (Å²) < 4.78 is 0. The number of thioether (sulfide) groups is 1. The van der Waals surface area contributed by atoms with Crippen LogP contribution < -0.4 is 22.1 Å². The van der Waals surface area contributed by atoms with E-state index in [4.69, 9.17) is 16.6 Å². The normalized spacial score (nSPS) is 18.1. The molecule has 0 aromatic heterocycles. The van der Waals surface area contributed by atoms with E-state index in [0.29, 0.717) is 12.2 Å². The Morgan fingerprint density at radius 1 is 1.06 bits per heavy atom. The molecule has 1 heterocycles. The fourth-order valence-corrected chi connectivity index (χ4v) is 3.84. The fourth-order valence-electron chi connectivity index (χ4n) is 3.37. The van der Waals surface area contributed by atoms with Crippen molar-refractivity contribution < 1.29 is 39.0 Å².